The maximum atomic E-state index is 3.71. The Labute approximate surface area is 183 Å². The second kappa shape index (κ2) is 11.0. The van der Waals surface area contributed by atoms with Gasteiger partial charge in [0.1, 0.15) is -0.565 Å². The molecule has 0 atom stereocenters. The molecule has 1 fully saturated rings. The molecule has 1 aliphatic heterocycles. The average molecular weight is 654 g/mol. The molecule has 0 bridgehead atoms. The molecule has 0 aromatic heterocycles. The number of nitrogens with zero attached hydrogens (tertiary/aromatic N) is 1. The molecule has 23 heavy (non-hydrogen) atoms. The van der Waals surface area contributed by atoms with Crippen LogP contribution < -0.4 is 5.32 Å². The number of alkyl halides is 3. The zero-order valence-corrected chi connectivity index (χ0v) is 21.1. The van der Waals surface area contributed by atoms with Gasteiger partial charge in [-0.05, 0) is 70.4 Å². The summed E-state index contributed by atoms with van der Waals surface area (Å²) in [4.78, 5) is 2.41. The molecule has 1 aromatic rings. The molecule has 0 radical (unpaired) electrons. The number of aryl methyl sites for hydroxylation is 2. The van der Waals surface area contributed by atoms with Crippen LogP contribution in [-0.4, -0.2) is 30.5 Å². The number of hydrogen-bond donors (Lipinski definition) is 1. The highest BCUT2D eigenvalue weighted by molar-refractivity contribution is 14.3. The lowest BCUT2D eigenvalue weighted by atomic mass is 10.0. The van der Waals surface area contributed by atoms with E-state index in [2.05, 4.69) is 124 Å². The van der Waals surface area contributed by atoms with Crippen molar-refractivity contribution in [3.05, 3.63) is 29.3 Å². The molecular weight excluding hydrogens is 625 g/mol. The van der Waals surface area contributed by atoms with E-state index in [0.717, 1.165) is 0 Å². The van der Waals surface area contributed by atoms with Crippen molar-refractivity contribution < 1.29 is 0 Å². The smallest absolute Gasteiger partial charge is 0.121 e. The summed E-state index contributed by atoms with van der Waals surface area (Å²) in [5, 5.41) is 3.71. The molecule has 1 aromatic carbocycles. The van der Waals surface area contributed by atoms with E-state index in [4.69, 9.17) is 0 Å². The van der Waals surface area contributed by atoms with Crippen molar-refractivity contribution in [2.75, 3.05) is 25.5 Å². The van der Waals surface area contributed by atoms with Crippen LogP contribution in [0.1, 0.15) is 44.2 Å². The third kappa shape index (κ3) is 10.7. The minimum Gasteiger partial charge on any atom is -0.382 e. The minimum atomic E-state index is 0.410. The van der Waals surface area contributed by atoms with Crippen LogP contribution in [0.2, 0.25) is 0 Å². The van der Waals surface area contributed by atoms with E-state index in [1.807, 2.05) is 0 Å². The quantitative estimate of drug-likeness (QED) is 0.298. The van der Waals surface area contributed by atoms with Crippen LogP contribution in [0.3, 0.4) is 0 Å². The van der Waals surface area contributed by atoms with E-state index < -0.39 is 0 Å². The van der Waals surface area contributed by atoms with Gasteiger partial charge in [0.2, 0.25) is 0 Å². The first-order valence-electron chi connectivity index (χ1n) is 8.30. The number of anilines is 1. The van der Waals surface area contributed by atoms with Crippen LogP contribution in [0.15, 0.2) is 18.2 Å². The van der Waals surface area contributed by atoms with Gasteiger partial charge in [-0.15, -0.1) is 0 Å². The molecule has 0 unspecified atom stereocenters. The Morgan fingerprint density at radius 1 is 1.22 bits per heavy atom. The minimum absolute atomic E-state index is 0.410. The Bertz CT molecular complexity index is 458. The average Bonchev–Trinajstić information content (AvgIpc) is 2.43. The number of piperidine rings is 1. The summed E-state index contributed by atoms with van der Waals surface area (Å²) in [7, 11) is 2.21. The van der Waals surface area contributed by atoms with E-state index in [9.17, 15) is 0 Å². The molecule has 2 rings (SSSR count). The highest BCUT2D eigenvalue weighted by Gasteiger charge is 2.16. The Morgan fingerprint density at radius 2 is 1.78 bits per heavy atom. The second-order valence-corrected chi connectivity index (χ2v) is 19.1. The van der Waals surface area contributed by atoms with Crippen LogP contribution in [-0.2, 0) is 6.42 Å². The Kier molecular flexibility index (Phi) is 10.6. The number of hydrogen-bond acceptors (Lipinski definition) is 2. The summed E-state index contributed by atoms with van der Waals surface area (Å²) in [5.41, 5.74) is 4.17. The molecule has 1 saturated heterocycles. The molecule has 0 aliphatic carbocycles. The monoisotopic (exact) mass is 654 g/mol. The second-order valence-electron chi connectivity index (χ2n) is 6.40. The van der Waals surface area contributed by atoms with Crippen molar-refractivity contribution in [2.24, 2.45) is 0 Å². The van der Waals surface area contributed by atoms with Gasteiger partial charge >= 0.3 is 0 Å². The SMILES string of the molecule is CC(I)(I)I.CCCc1ccc(NC2CCN(C)CC2)c(C)c1. The van der Waals surface area contributed by atoms with Gasteiger partial charge in [-0.25, -0.2) is 0 Å². The standard InChI is InChI=1S/C16H26N2.C2H3I3/c1-4-5-14-6-7-16(13(2)12-14)17-15-8-10-18(3)11-9-15;1-2(3,4)5/h6-7,12,15,17H,4-5,8-11H2,1-3H3;1H3. The van der Waals surface area contributed by atoms with Crippen molar-refractivity contribution in [3.8, 4) is 0 Å². The fraction of sp³-hybridized carbons (Fsp3) is 0.667. The third-order valence-corrected chi connectivity index (χ3v) is 3.91. The van der Waals surface area contributed by atoms with E-state index >= 15 is 0 Å². The number of rotatable bonds is 4. The normalized spacial score (nSPS) is 16.7. The molecule has 1 aliphatic rings. The molecule has 0 saturated carbocycles. The van der Waals surface area contributed by atoms with Crippen LogP contribution in [0.25, 0.3) is 0 Å². The fourth-order valence-electron chi connectivity index (χ4n) is 2.70. The molecular formula is C18H29I3N2. The van der Waals surface area contributed by atoms with Crippen molar-refractivity contribution >= 4 is 73.5 Å². The first-order chi connectivity index (χ1) is 10.7. The lowest BCUT2D eigenvalue weighted by Crippen LogP contribution is -2.36. The highest BCUT2D eigenvalue weighted by Crippen LogP contribution is 2.33. The maximum absolute atomic E-state index is 3.71. The molecule has 132 valence electrons. The van der Waals surface area contributed by atoms with Gasteiger partial charge in [0.25, 0.3) is 0 Å². The zero-order valence-electron chi connectivity index (χ0n) is 14.6. The molecule has 0 amide bonds. The predicted molar refractivity (Wildman–Crippen MR) is 130 cm³/mol. The zero-order chi connectivity index (χ0) is 17.5. The molecule has 5 heteroatoms. The summed E-state index contributed by atoms with van der Waals surface area (Å²) >= 11 is 7.05. The number of likely N-dealkylation sites (tertiary alicyclic amines) is 1. The van der Waals surface area contributed by atoms with Crippen molar-refractivity contribution in [3.63, 3.8) is 0 Å². The van der Waals surface area contributed by atoms with E-state index in [0.29, 0.717) is 5.48 Å². The predicted octanol–water partition coefficient (Wildman–Crippen LogP) is 6.42. The van der Waals surface area contributed by atoms with Crippen molar-refractivity contribution in [1.29, 1.82) is 0 Å². The Morgan fingerprint density at radius 3 is 2.26 bits per heavy atom. The molecule has 0 spiro atoms. The van der Waals surface area contributed by atoms with Crippen LogP contribution >= 0.6 is 67.8 Å². The van der Waals surface area contributed by atoms with Gasteiger partial charge in [-0.3, -0.25) is 0 Å². The summed E-state index contributed by atoms with van der Waals surface area (Å²) in [6, 6.07) is 7.52. The number of benzene rings is 1. The number of halogens is 3. The van der Waals surface area contributed by atoms with Crippen molar-refractivity contribution in [1.82, 2.24) is 4.90 Å². The summed E-state index contributed by atoms with van der Waals surface area (Å²) in [5.74, 6) is 0. The van der Waals surface area contributed by atoms with E-state index in [-0.39, 0.29) is 0 Å². The molecule has 1 heterocycles. The highest BCUT2D eigenvalue weighted by atomic mass is 127. The largest absolute Gasteiger partial charge is 0.382 e. The van der Waals surface area contributed by atoms with Crippen LogP contribution in [0, 0.1) is 6.92 Å². The van der Waals surface area contributed by atoms with E-state index in [1.54, 1.807) is 0 Å². The lowest BCUT2D eigenvalue weighted by Gasteiger charge is -2.30. The summed E-state index contributed by atoms with van der Waals surface area (Å²) in [6.45, 7) is 9.03. The third-order valence-electron chi connectivity index (χ3n) is 3.91. The summed E-state index contributed by atoms with van der Waals surface area (Å²) in [6.07, 6.45) is 4.93. The first kappa shape index (κ1) is 22.2. The Balaban J connectivity index is 0.000000463. The lowest BCUT2D eigenvalue weighted by molar-refractivity contribution is 0.264. The number of nitrogens with one attached hydrogen (secondary N) is 1. The van der Waals surface area contributed by atoms with Gasteiger partial charge in [0, 0.05) is 11.7 Å². The molecule has 2 nitrogen and oxygen atoms in total. The van der Waals surface area contributed by atoms with E-state index in [1.165, 1.54) is 55.6 Å². The van der Waals surface area contributed by atoms with Crippen LogP contribution in [0.5, 0.6) is 0 Å². The fourth-order valence-corrected chi connectivity index (χ4v) is 2.70. The summed E-state index contributed by atoms with van der Waals surface area (Å²) < 4.78 is 0.410. The van der Waals surface area contributed by atoms with Gasteiger partial charge in [-0.1, -0.05) is 93.2 Å². The Hall–Kier alpha value is 1.17. The van der Waals surface area contributed by atoms with Gasteiger partial charge < -0.3 is 10.2 Å². The van der Waals surface area contributed by atoms with Gasteiger partial charge in [0.15, 0.2) is 0 Å². The first-order valence-corrected chi connectivity index (χ1v) is 11.5. The van der Waals surface area contributed by atoms with Crippen LogP contribution in [0.4, 0.5) is 5.69 Å². The molecule has 1 N–H and O–H groups in total. The van der Waals surface area contributed by atoms with Gasteiger partial charge in [0.05, 0.1) is 0 Å². The van der Waals surface area contributed by atoms with Crippen molar-refractivity contribution in [2.45, 2.75) is 51.9 Å². The maximum Gasteiger partial charge on any atom is 0.121 e. The topological polar surface area (TPSA) is 15.3 Å². The van der Waals surface area contributed by atoms with Gasteiger partial charge in [-0.2, -0.15) is 0 Å².